The second-order valence-electron chi connectivity index (χ2n) is 8.03. The van der Waals surface area contributed by atoms with E-state index >= 15 is 0 Å². The van der Waals surface area contributed by atoms with Crippen LogP contribution in [0.5, 0.6) is 5.75 Å². The molecule has 0 N–H and O–H groups in total. The third-order valence-electron chi connectivity index (χ3n) is 5.35. The minimum atomic E-state index is -1.86. The first-order valence-corrected chi connectivity index (χ1v) is 11.4. The Bertz CT molecular complexity index is 499. The Hall–Kier alpha value is -1.06. The summed E-state index contributed by atoms with van der Waals surface area (Å²) in [4.78, 5) is 0. The van der Waals surface area contributed by atoms with Crippen molar-refractivity contribution in [3.63, 3.8) is 0 Å². The number of hydrogen-bond acceptors (Lipinski definition) is 2. The maximum atomic E-state index is 6.80. The van der Waals surface area contributed by atoms with Crippen LogP contribution in [0.1, 0.15) is 46.3 Å². The molecule has 0 aliphatic carbocycles. The van der Waals surface area contributed by atoms with Crippen LogP contribution in [0.25, 0.3) is 0 Å². The predicted molar refractivity (Wildman–Crippen MR) is 103 cm³/mol. The highest BCUT2D eigenvalue weighted by Crippen LogP contribution is 2.43. The van der Waals surface area contributed by atoms with E-state index in [2.05, 4.69) is 66.4 Å². The van der Waals surface area contributed by atoms with E-state index in [9.17, 15) is 0 Å². The fraction of sp³-hybridized carbons (Fsp3) is 0.600. The zero-order valence-electron chi connectivity index (χ0n) is 16.1. The van der Waals surface area contributed by atoms with Gasteiger partial charge in [0, 0.05) is 0 Å². The minimum absolute atomic E-state index is 0.0785. The predicted octanol–water partition coefficient (Wildman–Crippen LogP) is 6.22. The molecule has 0 aliphatic heterocycles. The van der Waals surface area contributed by atoms with Crippen molar-refractivity contribution in [1.29, 1.82) is 0 Å². The maximum Gasteiger partial charge on any atom is 0.192 e. The van der Waals surface area contributed by atoms with Gasteiger partial charge in [-0.3, -0.25) is 0 Å². The average molecular weight is 335 g/mol. The zero-order chi connectivity index (χ0) is 17.8. The summed E-state index contributed by atoms with van der Waals surface area (Å²) in [5.41, 5.74) is 1.22. The fourth-order valence-corrected chi connectivity index (χ4v) is 3.60. The summed E-state index contributed by atoms with van der Waals surface area (Å²) in [6.07, 6.45) is 2.10. The Morgan fingerprint density at radius 1 is 1.09 bits per heavy atom. The van der Waals surface area contributed by atoms with E-state index in [1.165, 1.54) is 5.56 Å². The van der Waals surface area contributed by atoms with Gasteiger partial charge in [-0.15, -0.1) is 6.58 Å². The quantitative estimate of drug-likeness (QED) is 0.435. The van der Waals surface area contributed by atoms with Gasteiger partial charge >= 0.3 is 0 Å². The lowest BCUT2D eigenvalue weighted by molar-refractivity contribution is 0.108. The summed E-state index contributed by atoms with van der Waals surface area (Å²) in [6.45, 7) is 19.9. The molecule has 23 heavy (non-hydrogen) atoms. The molecule has 3 heteroatoms. The molecule has 2 nitrogen and oxygen atoms in total. The standard InChI is InChI=1S/C20H34O2Si/c1-10-15(2)16(3)19(22-23(8,9)20(4,5)6)17-11-13-18(21-7)14-12-17/h10-16,19H,1H2,2-9H3/t15-,16+,19+/m0/s1. The average Bonchev–Trinajstić information content (AvgIpc) is 2.50. The number of rotatable bonds is 7. The van der Waals surface area contributed by atoms with Crippen LogP contribution in [0.3, 0.4) is 0 Å². The monoisotopic (exact) mass is 334 g/mol. The van der Waals surface area contributed by atoms with E-state index in [0.29, 0.717) is 11.8 Å². The maximum absolute atomic E-state index is 6.80. The molecular formula is C20H34O2Si. The molecule has 0 aromatic heterocycles. The van der Waals surface area contributed by atoms with Crippen LogP contribution in [-0.4, -0.2) is 15.4 Å². The molecule has 130 valence electrons. The highest BCUT2D eigenvalue weighted by atomic mass is 28.4. The molecule has 0 fully saturated rings. The third kappa shape index (κ3) is 4.95. The lowest BCUT2D eigenvalue weighted by atomic mass is 9.87. The molecule has 0 bridgehead atoms. The molecule has 0 radical (unpaired) electrons. The minimum Gasteiger partial charge on any atom is -0.497 e. The first-order valence-electron chi connectivity index (χ1n) is 8.48. The van der Waals surface area contributed by atoms with Crippen molar-refractivity contribution in [2.24, 2.45) is 11.8 Å². The van der Waals surface area contributed by atoms with Crippen molar-refractivity contribution < 1.29 is 9.16 Å². The Morgan fingerprint density at radius 2 is 1.61 bits per heavy atom. The van der Waals surface area contributed by atoms with Crippen LogP contribution in [0, 0.1) is 11.8 Å². The summed E-state index contributed by atoms with van der Waals surface area (Å²) in [5, 5.41) is 0.189. The molecule has 0 saturated carbocycles. The van der Waals surface area contributed by atoms with Crippen LogP contribution in [-0.2, 0) is 4.43 Å². The highest BCUT2D eigenvalue weighted by Gasteiger charge is 2.41. The van der Waals surface area contributed by atoms with Crippen molar-refractivity contribution in [2.75, 3.05) is 7.11 Å². The first-order chi connectivity index (χ1) is 10.5. The van der Waals surface area contributed by atoms with Gasteiger partial charge in [0.15, 0.2) is 8.32 Å². The topological polar surface area (TPSA) is 18.5 Å². The number of ether oxygens (including phenoxy) is 1. The first kappa shape index (κ1) is 20.0. The molecule has 1 rings (SSSR count). The van der Waals surface area contributed by atoms with Crippen LogP contribution in [0.15, 0.2) is 36.9 Å². The molecule has 0 spiro atoms. The Kier molecular flexibility index (Phi) is 6.66. The zero-order valence-corrected chi connectivity index (χ0v) is 17.1. The molecule has 0 aliphatic rings. The molecule has 3 atom stereocenters. The third-order valence-corrected chi connectivity index (χ3v) is 9.81. The summed E-state index contributed by atoms with van der Waals surface area (Å²) in [7, 11) is -0.164. The van der Waals surface area contributed by atoms with Gasteiger partial charge in [-0.2, -0.15) is 0 Å². The number of hydrogen-bond donors (Lipinski definition) is 0. The van der Waals surface area contributed by atoms with Gasteiger partial charge in [-0.1, -0.05) is 52.8 Å². The Labute approximate surface area is 144 Å². The summed E-state index contributed by atoms with van der Waals surface area (Å²) < 4.78 is 12.1. The molecule has 0 unspecified atom stereocenters. The van der Waals surface area contributed by atoms with Crippen molar-refractivity contribution in [3.05, 3.63) is 42.5 Å². The van der Waals surface area contributed by atoms with Crippen molar-refractivity contribution >= 4 is 8.32 Å². The normalized spacial score (nSPS) is 16.5. The summed E-state index contributed by atoms with van der Waals surface area (Å²) in [6, 6.07) is 8.29. The van der Waals surface area contributed by atoms with Crippen LogP contribution < -0.4 is 4.74 Å². The van der Waals surface area contributed by atoms with E-state index in [4.69, 9.17) is 9.16 Å². The molecule has 1 aromatic carbocycles. The second kappa shape index (κ2) is 7.67. The van der Waals surface area contributed by atoms with Crippen molar-refractivity contribution in [1.82, 2.24) is 0 Å². The van der Waals surface area contributed by atoms with Crippen LogP contribution in [0.4, 0.5) is 0 Å². The van der Waals surface area contributed by atoms with E-state index in [1.54, 1.807) is 7.11 Å². The summed E-state index contributed by atoms with van der Waals surface area (Å²) in [5.74, 6) is 1.64. The van der Waals surface area contributed by atoms with E-state index < -0.39 is 8.32 Å². The largest absolute Gasteiger partial charge is 0.497 e. The van der Waals surface area contributed by atoms with Crippen LogP contribution >= 0.6 is 0 Å². The van der Waals surface area contributed by atoms with E-state index in [-0.39, 0.29) is 11.1 Å². The van der Waals surface area contributed by atoms with Crippen molar-refractivity contribution in [3.8, 4) is 5.75 Å². The van der Waals surface area contributed by atoms with E-state index in [1.807, 2.05) is 18.2 Å². The molecular weight excluding hydrogens is 300 g/mol. The van der Waals surface area contributed by atoms with Crippen LogP contribution in [0.2, 0.25) is 18.1 Å². The van der Waals surface area contributed by atoms with Gasteiger partial charge in [0.2, 0.25) is 0 Å². The second-order valence-corrected chi connectivity index (χ2v) is 12.8. The van der Waals surface area contributed by atoms with Gasteiger partial charge in [0.1, 0.15) is 5.75 Å². The fourth-order valence-electron chi connectivity index (χ4n) is 2.26. The number of methoxy groups -OCH3 is 1. The van der Waals surface area contributed by atoms with Crippen molar-refractivity contribution in [2.45, 2.75) is 58.9 Å². The SMILES string of the molecule is C=C[C@H](C)[C@@H](C)[C@@H](O[Si](C)(C)C(C)(C)C)c1ccc(OC)cc1. The van der Waals surface area contributed by atoms with Gasteiger partial charge in [0.05, 0.1) is 13.2 Å². The van der Waals surface area contributed by atoms with E-state index in [0.717, 1.165) is 5.75 Å². The van der Waals surface area contributed by atoms with Gasteiger partial charge in [0.25, 0.3) is 0 Å². The molecule has 0 saturated heterocycles. The molecule has 1 aromatic rings. The molecule has 0 amide bonds. The lowest BCUT2D eigenvalue weighted by Crippen LogP contribution is -2.43. The Balaban J connectivity index is 3.18. The van der Waals surface area contributed by atoms with Gasteiger partial charge in [-0.05, 0) is 47.7 Å². The Morgan fingerprint density at radius 3 is 2.00 bits per heavy atom. The van der Waals surface area contributed by atoms with Gasteiger partial charge < -0.3 is 9.16 Å². The highest BCUT2D eigenvalue weighted by molar-refractivity contribution is 6.74. The smallest absolute Gasteiger partial charge is 0.192 e. The number of allylic oxidation sites excluding steroid dienone is 1. The molecule has 0 heterocycles. The number of benzene rings is 1. The van der Waals surface area contributed by atoms with Gasteiger partial charge in [-0.25, -0.2) is 0 Å². The summed E-state index contributed by atoms with van der Waals surface area (Å²) >= 11 is 0. The lowest BCUT2D eigenvalue weighted by Gasteiger charge is -2.42.